The molecule has 3 nitrogen and oxygen atoms in total. The van der Waals surface area contributed by atoms with Crippen LogP contribution in [0.4, 0.5) is 0 Å². The molecule has 0 aliphatic carbocycles. The van der Waals surface area contributed by atoms with Crippen molar-refractivity contribution >= 4 is 5.78 Å². The lowest BCUT2D eigenvalue weighted by atomic mass is 10.0. The van der Waals surface area contributed by atoms with Crippen molar-refractivity contribution in [3.63, 3.8) is 0 Å². The van der Waals surface area contributed by atoms with E-state index in [1.54, 1.807) is 7.11 Å². The van der Waals surface area contributed by atoms with Crippen molar-refractivity contribution < 1.29 is 9.53 Å². The molecule has 2 unspecified atom stereocenters. The van der Waals surface area contributed by atoms with Gasteiger partial charge in [-0.25, -0.2) is 0 Å². The van der Waals surface area contributed by atoms with E-state index in [9.17, 15) is 4.79 Å². The summed E-state index contributed by atoms with van der Waals surface area (Å²) in [5, 5.41) is 3.27. The van der Waals surface area contributed by atoms with Crippen LogP contribution in [0.3, 0.4) is 0 Å². The third kappa shape index (κ3) is 8.57. The summed E-state index contributed by atoms with van der Waals surface area (Å²) in [4.78, 5) is 12.0. The van der Waals surface area contributed by atoms with E-state index in [2.05, 4.69) is 12.2 Å². The number of rotatable bonds is 13. The van der Waals surface area contributed by atoms with Gasteiger partial charge in [0.15, 0.2) is 0 Å². The maximum atomic E-state index is 12.0. The molecule has 1 fully saturated rings. The topological polar surface area (TPSA) is 38.3 Å². The van der Waals surface area contributed by atoms with E-state index in [0.717, 1.165) is 25.8 Å². The summed E-state index contributed by atoms with van der Waals surface area (Å²) in [6.45, 7) is 3.09. The van der Waals surface area contributed by atoms with Gasteiger partial charge in [-0.1, -0.05) is 64.7 Å². The van der Waals surface area contributed by atoms with Crippen molar-refractivity contribution in [3.8, 4) is 0 Å². The highest BCUT2D eigenvalue weighted by atomic mass is 16.5. The quantitative estimate of drug-likeness (QED) is 0.517. The summed E-state index contributed by atoms with van der Waals surface area (Å²) >= 11 is 0. The molecule has 1 aliphatic rings. The SMILES string of the molecule is CCCCCCCCCCCCC(=O)C1CC(OC)CN1. The molecular formula is C18H35NO2. The van der Waals surface area contributed by atoms with Crippen LogP contribution < -0.4 is 5.32 Å². The van der Waals surface area contributed by atoms with Crippen LogP contribution in [0, 0.1) is 0 Å². The van der Waals surface area contributed by atoms with E-state index in [0.29, 0.717) is 5.78 Å². The third-order valence-electron chi connectivity index (χ3n) is 4.59. The monoisotopic (exact) mass is 297 g/mol. The summed E-state index contributed by atoms with van der Waals surface area (Å²) in [6.07, 6.45) is 15.0. The van der Waals surface area contributed by atoms with Crippen molar-refractivity contribution in [2.75, 3.05) is 13.7 Å². The molecule has 1 heterocycles. The van der Waals surface area contributed by atoms with Gasteiger partial charge >= 0.3 is 0 Å². The van der Waals surface area contributed by atoms with E-state index in [4.69, 9.17) is 4.74 Å². The zero-order valence-electron chi connectivity index (χ0n) is 14.2. The van der Waals surface area contributed by atoms with Crippen LogP contribution in [0.5, 0.6) is 0 Å². The fraction of sp³-hybridized carbons (Fsp3) is 0.944. The van der Waals surface area contributed by atoms with Crippen LogP contribution in [0.25, 0.3) is 0 Å². The van der Waals surface area contributed by atoms with Crippen LogP contribution in [0.2, 0.25) is 0 Å². The Morgan fingerprint density at radius 2 is 1.57 bits per heavy atom. The third-order valence-corrected chi connectivity index (χ3v) is 4.59. The predicted molar refractivity (Wildman–Crippen MR) is 88.7 cm³/mol. The number of unbranched alkanes of at least 4 members (excludes halogenated alkanes) is 9. The maximum Gasteiger partial charge on any atom is 0.149 e. The first-order valence-corrected chi connectivity index (χ1v) is 9.06. The van der Waals surface area contributed by atoms with Gasteiger partial charge in [0.2, 0.25) is 0 Å². The Balaban J connectivity index is 1.87. The zero-order valence-corrected chi connectivity index (χ0v) is 14.2. The summed E-state index contributed by atoms with van der Waals surface area (Å²) in [5.41, 5.74) is 0. The first-order chi connectivity index (χ1) is 10.3. The summed E-state index contributed by atoms with van der Waals surface area (Å²) < 4.78 is 5.28. The molecule has 1 saturated heterocycles. The van der Waals surface area contributed by atoms with E-state index in [1.807, 2.05) is 0 Å². The predicted octanol–water partition coefficient (Wildman–Crippen LogP) is 4.24. The molecule has 0 amide bonds. The number of carbonyl (C=O) groups excluding carboxylic acids is 1. The first-order valence-electron chi connectivity index (χ1n) is 9.06. The van der Waals surface area contributed by atoms with Crippen molar-refractivity contribution in [3.05, 3.63) is 0 Å². The van der Waals surface area contributed by atoms with Gasteiger partial charge < -0.3 is 10.1 Å². The Bertz CT molecular complexity index is 268. The van der Waals surface area contributed by atoms with Crippen LogP contribution in [-0.4, -0.2) is 31.6 Å². The van der Waals surface area contributed by atoms with Gasteiger partial charge in [0.1, 0.15) is 5.78 Å². The molecule has 0 aromatic heterocycles. The van der Waals surface area contributed by atoms with E-state index < -0.39 is 0 Å². The molecular weight excluding hydrogens is 262 g/mol. The van der Waals surface area contributed by atoms with Crippen molar-refractivity contribution in [2.24, 2.45) is 0 Å². The lowest BCUT2D eigenvalue weighted by Gasteiger charge is -2.09. The molecule has 0 spiro atoms. The fourth-order valence-corrected chi connectivity index (χ4v) is 3.09. The summed E-state index contributed by atoms with van der Waals surface area (Å²) in [7, 11) is 1.72. The summed E-state index contributed by atoms with van der Waals surface area (Å²) in [5.74, 6) is 0.383. The molecule has 0 aromatic carbocycles. The normalized spacial score (nSPS) is 21.8. The van der Waals surface area contributed by atoms with Crippen molar-refractivity contribution in [1.29, 1.82) is 0 Å². The zero-order chi connectivity index (χ0) is 15.3. The fourth-order valence-electron chi connectivity index (χ4n) is 3.09. The molecule has 3 heteroatoms. The number of nitrogens with one attached hydrogen (secondary N) is 1. The van der Waals surface area contributed by atoms with E-state index in [-0.39, 0.29) is 12.1 Å². The smallest absolute Gasteiger partial charge is 0.149 e. The van der Waals surface area contributed by atoms with Gasteiger partial charge in [-0.05, 0) is 12.8 Å². The average molecular weight is 297 g/mol. The van der Waals surface area contributed by atoms with Crippen molar-refractivity contribution in [2.45, 2.75) is 96.1 Å². The van der Waals surface area contributed by atoms with Gasteiger partial charge in [-0.3, -0.25) is 4.79 Å². The Kier molecular flexibility index (Phi) is 10.8. The molecule has 1 N–H and O–H groups in total. The highest BCUT2D eigenvalue weighted by molar-refractivity contribution is 5.84. The molecule has 124 valence electrons. The minimum Gasteiger partial charge on any atom is -0.380 e. The summed E-state index contributed by atoms with van der Waals surface area (Å²) in [6, 6.07) is 0.0496. The Morgan fingerprint density at radius 3 is 2.10 bits per heavy atom. The highest BCUT2D eigenvalue weighted by Crippen LogP contribution is 2.15. The lowest BCUT2D eigenvalue weighted by molar-refractivity contribution is -0.121. The molecule has 0 aromatic rings. The minimum absolute atomic E-state index is 0.0496. The van der Waals surface area contributed by atoms with E-state index in [1.165, 1.54) is 57.8 Å². The van der Waals surface area contributed by atoms with Crippen LogP contribution in [0.1, 0.15) is 84.0 Å². The molecule has 0 bridgehead atoms. The van der Waals surface area contributed by atoms with Gasteiger partial charge in [0.25, 0.3) is 0 Å². The standard InChI is InChI=1S/C18H35NO2/c1-3-4-5-6-7-8-9-10-11-12-13-18(20)17-14-16(21-2)15-19-17/h16-17,19H,3-15H2,1-2H3. The number of ether oxygens (including phenoxy) is 1. The van der Waals surface area contributed by atoms with Gasteiger partial charge in [-0.15, -0.1) is 0 Å². The molecule has 1 aliphatic heterocycles. The van der Waals surface area contributed by atoms with Gasteiger partial charge in [-0.2, -0.15) is 0 Å². The van der Waals surface area contributed by atoms with Crippen molar-refractivity contribution in [1.82, 2.24) is 5.32 Å². The number of methoxy groups -OCH3 is 1. The number of hydrogen-bond acceptors (Lipinski definition) is 3. The maximum absolute atomic E-state index is 12.0. The number of carbonyl (C=O) groups is 1. The lowest BCUT2D eigenvalue weighted by Crippen LogP contribution is -2.30. The largest absolute Gasteiger partial charge is 0.380 e. The molecule has 0 radical (unpaired) electrons. The van der Waals surface area contributed by atoms with Gasteiger partial charge in [0, 0.05) is 20.1 Å². The Morgan fingerprint density at radius 1 is 1.00 bits per heavy atom. The van der Waals surface area contributed by atoms with Gasteiger partial charge in [0.05, 0.1) is 12.1 Å². The Labute approximate surface area is 131 Å². The number of hydrogen-bond donors (Lipinski definition) is 1. The highest BCUT2D eigenvalue weighted by Gasteiger charge is 2.28. The first kappa shape index (κ1) is 18.6. The Hall–Kier alpha value is -0.410. The van der Waals surface area contributed by atoms with Crippen LogP contribution in [-0.2, 0) is 9.53 Å². The molecule has 2 atom stereocenters. The average Bonchev–Trinajstić information content (AvgIpc) is 2.98. The minimum atomic E-state index is 0.0496. The molecule has 1 rings (SSSR count). The number of Topliss-reactive ketones (excluding diaryl/α,β-unsaturated/α-hetero) is 1. The van der Waals surface area contributed by atoms with Crippen LogP contribution in [0.15, 0.2) is 0 Å². The molecule has 0 saturated carbocycles. The van der Waals surface area contributed by atoms with Crippen LogP contribution >= 0.6 is 0 Å². The molecule has 21 heavy (non-hydrogen) atoms. The second kappa shape index (κ2) is 12.2. The second-order valence-electron chi connectivity index (χ2n) is 6.45. The number of ketones is 1. The van der Waals surface area contributed by atoms with E-state index >= 15 is 0 Å². The second-order valence-corrected chi connectivity index (χ2v) is 6.45.